The number of ether oxygens (including phenoxy) is 1. The number of aryl methyl sites for hydroxylation is 2. The van der Waals surface area contributed by atoms with Gasteiger partial charge in [0.2, 0.25) is 5.75 Å². The van der Waals surface area contributed by atoms with Crippen molar-refractivity contribution in [2.24, 2.45) is 0 Å². The van der Waals surface area contributed by atoms with Gasteiger partial charge in [-0.15, -0.1) is 0 Å². The molecule has 1 aliphatic heterocycles. The minimum atomic E-state index is -1.19. The van der Waals surface area contributed by atoms with Crippen LogP contribution in [-0.4, -0.2) is 33.0 Å². The average Bonchev–Trinajstić information content (AvgIpc) is 2.97. The number of pyridine rings is 1. The van der Waals surface area contributed by atoms with Crippen LogP contribution in [0.15, 0.2) is 74.7 Å². The van der Waals surface area contributed by atoms with E-state index >= 15 is 0 Å². The summed E-state index contributed by atoms with van der Waals surface area (Å²) in [5.74, 6) is -4.38. The van der Waals surface area contributed by atoms with E-state index in [1.807, 2.05) is 18.2 Å². The van der Waals surface area contributed by atoms with Gasteiger partial charge in [-0.2, -0.15) is 0 Å². The second-order valence-electron chi connectivity index (χ2n) is 9.85. The van der Waals surface area contributed by atoms with E-state index in [0.29, 0.717) is 12.1 Å². The number of phenolic OH excluding ortho intramolecular Hbond substituents is 3. The highest BCUT2D eigenvalue weighted by Crippen LogP contribution is 2.49. The smallest absolute Gasteiger partial charge is 0.306 e. The first kappa shape index (κ1) is 25.2. The normalized spacial score (nSPS) is 13.4. The van der Waals surface area contributed by atoms with Crippen molar-refractivity contribution in [3.63, 3.8) is 0 Å². The minimum Gasteiger partial charge on any atom is -0.504 e. The van der Waals surface area contributed by atoms with E-state index in [2.05, 4.69) is 0 Å². The van der Waals surface area contributed by atoms with Gasteiger partial charge < -0.3 is 29.0 Å². The molecule has 3 aromatic carbocycles. The molecule has 9 heteroatoms. The van der Waals surface area contributed by atoms with Crippen LogP contribution in [0.3, 0.4) is 0 Å². The highest BCUT2D eigenvalue weighted by molar-refractivity contribution is 5.94. The van der Waals surface area contributed by atoms with Crippen molar-refractivity contribution in [3.05, 3.63) is 97.9 Å². The largest absolute Gasteiger partial charge is 0.504 e. The second-order valence-corrected chi connectivity index (χ2v) is 9.85. The lowest BCUT2D eigenvalue weighted by Crippen LogP contribution is -2.30. The molecule has 2 aromatic heterocycles. The molecule has 0 unspecified atom stereocenters. The van der Waals surface area contributed by atoms with Gasteiger partial charge in [-0.05, 0) is 29.9 Å². The number of hydrogen-bond acceptors (Lipinski definition) is 8. The Bertz CT molecular complexity index is 1940. The molecule has 3 heterocycles. The highest BCUT2D eigenvalue weighted by Gasteiger charge is 2.33. The molecule has 6 rings (SSSR count). The second kappa shape index (κ2) is 9.60. The maximum Gasteiger partial charge on any atom is 0.306 e. The number of para-hydroxylation sites is 1. The van der Waals surface area contributed by atoms with Crippen LogP contribution < -0.4 is 11.0 Å². The molecule has 202 valence electrons. The lowest BCUT2D eigenvalue weighted by molar-refractivity contribution is -0.140. The lowest BCUT2D eigenvalue weighted by atomic mass is 9.85. The van der Waals surface area contributed by atoms with Gasteiger partial charge in [-0.1, -0.05) is 48.5 Å². The van der Waals surface area contributed by atoms with Gasteiger partial charge in [-0.25, -0.2) is 0 Å². The molecule has 0 bridgehead atoms. The average molecular weight is 540 g/mol. The van der Waals surface area contributed by atoms with Crippen LogP contribution in [0.25, 0.3) is 33.2 Å². The first-order valence-electron chi connectivity index (χ1n) is 12.8. The molecule has 0 amide bonds. The zero-order chi connectivity index (χ0) is 28.1. The molecule has 5 aromatic rings. The van der Waals surface area contributed by atoms with Gasteiger partial charge in [-0.3, -0.25) is 14.4 Å². The maximum absolute atomic E-state index is 14.0. The summed E-state index contributed by atoms with van der Waals surface area (Å²) in [5, 5.41) is 32.9. The van der Waals surface area contributed by atoms with Gasteiger partial charge in [0.15, 0.2) is 16.9 Å². The fourth-order valence-corrected chi connectivity index (χ4v) is 5.69. The predicted octanol–water partition coefficient (Wildman–Crippen LogP) is 4.53. The number of aromatic nitrogens is 1. The molecule has 0 saturated heterocycles. The summed E-state index contributed by atoms with van der Waals surface area (Å²) >= 11 is 0. The Morgan fingerprint density at radius 3 is 2.52 bits per heavy atom. The first-order valence-corrected chi connectivity index (χ1v) is 12.8. The topological polar surface area (TPSA) is 139 Å². The fraction of sp³-hybridized carbons (Fsp3) is 0.194. The van der Waals surface area contributed by atoms with E-state index in [1.54, 1.807) is 41.0 Å². The van der Waals surface area contributed by atoms with Gasteiger partial charge in [0, 0.05) is 35.2 Å². The van der Waals surface area contributed by atoms with Crippen LogP contribution in [-0.2, 0) is 22.5 Å². The van der Waals surface area contributed by atoms with Crippen molar-refractivity contribution >= 4 is 27.8 Å². The van der Waals surface area contributed by atoms with E-state index in [1.165, 1.54) is 13.2 Å². The summed E-state index contributed by atoms with van der Waals surface area (Å²) in [4.78, 5) is 39.9. The van der Waals surface area contributed by atoms with E-state index < -0.39 is 41.0 Å². The Morgan fingerprint density at radius 2 is 1.77 bits per heavy atom. The third kappa shape index (κ3) is 3.89. The number of phenols is 3. The first-order chi connectivity index (χ1) is 19.3. The number of esters is 1. The van der Waals surface area contributed by atoms with Crippen LogP contribution in [0.4, 0.5) is 0 Å². The number of methoxy groups -OCH3 is 1. The SMILES string of the molecule is COC(=O)C[C@H](c1cc2cccc3c2n(c1=O)CCC3)c1c(O)c(O)c(O)c2c(=O)cc(-c3ccccc3)oc12. The lowest BCUT2D eigenvalue weighted by Gasteiger charge is -2.24. The van der Waals surface area contributed by atoms with E-state index in [4.69, 9.17) is 9.15 Å². The van der Waals surface area contributed by atoms with Gasteiger partial charge in [0.25, 0.3) is 5.56 Å². The minimum absolute atomic E-state index is 0.135. The molecule has 1 atom stereocenters. The highest BCUT2D eigenvalue weighted by atomic mass is 16.5. The molecule has 3 N–H and O–H groups in total. The van der Waals surface area contributed by atoms with Gasteiger partial charge >= 0.3 is 5.97 Å². The Hall–Kier alpha value is -5.05. The van der Waals surface area contributed by atoms with E-state index in [9.17, 15) is 29.7 Å². The van der Waals surface area contributed by atoms with E-state index in [-0.39, 0.29) is 33.4 Å². The maximum atomic E-state index is 14.0. The molecule has 1 aliphatic rings. The summed E-state index contributed by atoms with van der Waals surface area (Å²) < 4.78 is 12.7. The third-order valence-corrected chi connectivity index (χ3v) is 7.57. The number of nitrogens with zero attached hydrogens (tertiary/aromatic N) is 1. The summed E-state index contributed by atoms with van der Waals surface area (Å²) in [6.45, 7) is 0.464. The third-order valence-electron chi connectivity index (χ3n) is 7.57. The summed E-state index contributed by atoms with van der Waals surface area (Å²) in [5.41, 5.74) is 1.04. The summed E-state index contributed by atoms with van der Waals surface area (Å²) in [7, 11) is 1.20. The Balaban J connectivity index is 1.72. The van der Waals surface area contributed by atoms with Gasteiger partial charge in [0.1, 0.15) is 16.7 Å². The Kier molecular flexibility index (Phi) is 6.06. The number of carbonyl (C=O) groups is 1. The Morgan fingerprint density at radius 1 is 1.00 bits per heavy atom. The zero-order valence-electron chi connectivity index (χ0n) is 21.5. The van der Waals surface area contributed by atoms with Crippen molar-refractivity contribution in [2.45, 2.75) is 31.7 Å². The Labute approximate surface area is 227 Å². The quantitative estimate of drug-likeness (QED) is 0.219. The van der Waals surface area contributed by atoms with Crippen LogP contribution >= 0.6 is 0 Å². The molecule has 0 radical (unpaired) electrons. The monoisotopic (exact) mass is 539 g/mol. The van der Waals surface area contributed by atoms with Crippen molar-refractivity contribution in [3.8, 4) is 28.6 Å². The van der Waals surface area contributed by atoms with Crippen molar-refractivity contribution in [1.29, 1.82) is 0 Å². The number of fused-ring (bicyclic) bond motifs is 1. The molecule has 9 nitrogen and oxygen atoms in total. The number of aromatic hydroxyl groups is 3. The standard InChI is InChI=1S/C31H25NO8/c1-39-23(34)14-19(20-13-18-10-5-9-17-11-6-12-32(26(17)18)31(20)38)24-27(35)29(37)28(36)25-21(33)15-22(40-30(24)25)16-7-3-2-4-8-16/h2-5,7-10,13,15,19,35-37H,6,11-12,14H2,1H3/t19-/m1/s1. The number of rotatable bonds is 5. The van der Waals surface area contributed by atoms with Crippen LogP contribution in [0, 0.1) is 0 Å². The molecule has 0 spiro atoms. The summed E-state index contributed by atoms with van der Waals surface area (Å²) in [6.07, 6.45) is 1.16. The molecular weight excluding hydrogens is 514 g/mol. The summed E-state index contributed by atoms with van der Waals surface area (Å²) in [6, 6.07) is 17.3. The number of benzene rings is 3. The van der Waals surface area contributed by atoms with E-state index in [0.717, 1.165) is 29.3 Å². The molecular formula is C31H25NO8. The number of hydrogen-bond donors (Lipinski definition) is 3. The van der Waals surface area contributed by atoms with Crippen LogP contribution in [0.2, 0.25) is 0 Å². The fourth-order valence-electron chi connectivity index (χ4n) is 5.69. The number of carbonyl (C=O) groups excluding carboxylic acids is 1. The van der Waals surface area contributed by atoms with Crippen LogP contribution in [0.5, 0.6) is 17.2 Å². The van der Waals surface area contributed by atoms with Crippen LogP contribution in [0.1, 0.15) is 35.4 Å². The van der Waals surface area contributed by atoms with Crippen molar-refractivity contribution in [1.82, 2.24) is 4.57 Å². The molecule has 40 heavy (non-hydrogen) atoms. The molecule has 0 aliphatic carbocycles. The molecule has 0 saturated carbocycles. The van der Waals surface area contributed by atoms with Crippen molar-refractivity contribution < 1.29 is 29.3 Å². The zero-order valence-corrected chi connectivity index (χ0v) is 21.5. The van der Waals surface area contributed by atoms with Crippen molar-refractivity contribution in [2.75, 3.05) is 7.11 Å². The van der Waals surface area contributed by atoms with Gasteiger partial charge in [0.05, 0.1) is 19.0 Å². The molecule has 0 fully saturated rings. The predicted molar refractivity (Wildman–Crippen MR) is 148 cm³/mol.